The maximum Gasteiger partial charge on any atom is 0.194 e. The minimum absolute atomic E-state index is 0. The lowest BCUT2D eigenvalue weighted by Crippen LogP contribution is -2.53. The standard InChI is InChI=1S/C22H29N3O3.HI/c1-2-6-18(7-3-1)16-24-22(23-11-10-19-8-4-13-26-19)25-12-15-28-21(17-25)20-9-5-14-27-20;/h1-4,6-8,13,20-21H,5,9-12,14-17H2,(H,23,24);1H. The second-order valence-corrected chi connectivity index (χ2v) is 7.29. The third-order valence-electron chi connectivity index (χ3n) is 5.26. The second-order valence-electron chi connectivity index (χ2n) is 7.29. The van der Waals surface area contributed by atoms with Gasteiger partial charge in [-0.3, -0.25) is 0 Å². The predicted molar refractivity (Wildman–Crippen MR) is 124 cm³/mol. The minimum Gasteiger partial charge on any atom is -0.469 e. The van der Waals surface area contributed by atoms with Crippen LogP contribution in [-0.2, 0) is 22.4 Å². The molecule has 2 aliphatic rings. The molecule has 2 unspecified atom stereocenters. The largest absolute Gasteiger partial charge is 0.469 e. The van der Waals surface area contributed by atoms with E-state index in [9.17, 15) is 0 Å². The molecule has 158 valence electrons. The molecule has 3 heterocycles. The summed E-state index contributed by atoms with van der Waals surface area (Å²) in [7, 11) is 0. The lowest BCUT2D eigenvalue weighted by Gasteiger charge is -2.37. The topological polar surface area (TPSA) is 59.2 Å². The molecule has 7 heteroatoms. The Labute approximate surface area is 189 Å². The first-order valence-corrected chi connectivity index (χ1v) is 10.2. The van der Waals surface area contributed by atoms with Crippen LogP contribution >= 0.6 is 24.0 Å². The van der Waals surface area contributed by atoms with E-state index in [1.54, 1.807) is 6.26 Å². The summed E-state index contributed by atoms with van der Waals surface area (Å²) in [5, 5.41) is 3.53. The van der Waals surface area contributed by atoms with Gasteiger partial charge < -0.3 is 24.1 Å². The van der Waals surface area contributed by atoms with E-state index in [0.717, 1.165) is 57.2 Å². The molecule has 1 aromatic carbocycles. The molecular weight excluding hydrogens is 481 g/mol. The minimum atomic E-state index is 0. The molecule has 0 saturated carbocycles. The number of morpholine rings is 1. The zero-order valence-electron chi connectivity index (χ0n) is 16.7. The van der Waals surface area contributed by atoms with Crippen LogP contribution in [0.1, 0.15) is 24.2 Å². The highest BCUT2D eigenvalue weighted by atomic mass is 127. The summed E-state index contributed by atoms with van der Waals surface area (Å²) in [6, 6.07) is 14.3. The summed E-state index contributed by atoms with van der Waals surface area (Å²) >= 11 is 0. The number of nitrogens with one attached hydrogen (secondary N) is 1. The van der Waals surface area contributed by atoms with Gasteiger partial charge in [0.2, 0.25) is 0 Å². The molecule has 0 radical (unpaired) electrons. The summed E-state index contributed by atoms with van der Waals surface area (Å²) < 4.78 is 17.3. The van der Waals surface area contributed by atoms with Gasteiger partial charge in [-0.15, -0.1) is 24.0 Å². The van der Waals surface area contributed by atoms with Gasteiger partial charge in [0.25, 0.3) is 0 Å². The van der Waals surface area contributed by atoms with Gasteiger partial charge in [-0.2, -0.15) is 0 Å². The number of hydrogen-bond acceptors (Lipinski definition) is 4. The number of furan rings is 1. The lowest BCUT2D eigenvalue weighted by molar-refractivity contribution is -0.0817. The van der Waals surface area contributed by atoms with E-state index in [1.165, 1.54) is 5.56 Å². The average molecular weight is 511 g/mol. The van der Waals surface area contributed by atoms with Crippen LogP contribution in [0.3, 0.4) is 0 Å². The van der Waals surface area contributed by atoms with E-state index in [4.69, 9.17) is 18.9 Å². The van der Waals surface area contributed by atoms with E-state index in [0.29, 0.717) is 13.2 Å². The third kappa shape index (κ3) is 6.45. The maximum absolute atomic E-state index is 6.00. The molecule has 29 heavy (non-hydrogen) atoms. The summed E-state index contributed by atoms with van der Waals surface area (Å²) in [5.41, 5.74) is 1.21. The van der Waals surface area contributed by atoms with E-state index in [2.05, 4.69) is 34.5 Å². The normalized spacial score (nSPS) is 22.3. The Hall–Kier alpha value is -1.58. The van der Waals surface area contributed by atoms with Gasteiger partial charge in [0.1, 0.15) is 11.9 Å². The predicted octanol–water partition coefficient (Wildman–Crippen LogP) is 3.47. The number of halogens is 1. The molecule has 0 spiro atoms. The van der Waals surface area contributed by atoms with Crippen molar-refractivity contribution >= 4 is 29.9 Å². The zero-order valence-corrected chi connectivity index (χ0v) is 19.0. The SMILES string of the molecule is I.c1ccc(CN=C(NCCc2ccco2)N2CCOC(C3CCCO3)C2)cc1. The van der Waals surface area contributed by atoms with Crippen molar-refractivity contribution in [2.24, 2.45) is 4.99 Å². The number of hydrogen-bond donors (Lipinski definition) is 1. The van der Waals surface area contributed by atoms with Crippen molar-refractivity contribution in [1.82, 2.24) is 10.2 Å². The Bertz CT molecular complexity index is 733. The fourth-order valence-corrected chi connectivity index (χ4v) is 3.76. The molecular formula is C22H30IN3O3. The Kier molecular flexibility index (Phi) is 8.82. The van der Waals surface area contributed by atoms with Crippen LogP contribution in [0, 0.1) is 0 Å². The molecule has 6 nitrogen and oxygen atoms in total. The molecule has 2 fully saturated rings. The van der Waals surface area contributed by atoms with Gasteiger partial charge >= 0.3 is 0 Å². The van der Waals surface area contributed by atoms with Gasteiger partial charge in [-0.1, -0.05) is 30.3 Å². The Morgan fingerprint density at radius 1 is 1.07 bits per heavy atom. The van der Waals surface area contributed by atoms with Gasteiger partial charge in [0.05, 0.1) is 25.5 Å². The third-order valence-corrected chi connectivity index (χ3v) is 5.26. The molecule has 4 rings (SSSR count). The molecule has 2 saturated heterocycles. The van der Waals surface area contributed by atoms with Crippen molar-refractivity contribution in [3.05, 3.63) is 60.1 Å². The smallest absolute Gasteiger partial charge is 0.194 e. The van der Waals surface area contributed by atoms with Crippen LogP contribution in [0.25, 0.3) is 0 Å². The fourth-order valence-electron chi connectivity index (χ4n) is 3.76. The van der Waals surface area contributed by atoms with Gasteiger partial charge in [0.15, 0.2) is 5.96 Å². The summed E-state index contributed by atoms with van der Waals surface area (Å²) in [6.45, 7) is 4.64. The van der Waals surface area contributed by atoms with Crippen LogP contribution in [0.2, 0.25) is 0 Å². The van der Waals surface area contributed by atoms with Gasteiger partial charge in [-0.05, 0) is 30.5 Å². The van der Waals surface area contributed by atoms with E-state index >= 15 is 0 Å². The quantitative estimate of drug-likeness (QED) is 0.366. The van der Waals surface area contributed by atoms with Crippen LogP contribution in [-0.4, -0.2) is 55.9 Å². The van der Waals surface area contributed by atoms with Crippen LogP contribution in [0.5, 0.6) is 0 Å². The molecule has 1 aromatic heterocycles. The summed E-state index contributed by atoms with van der Waals surface area (Å²) in [4.78, 5) is 7.21. The van der Waals surface area contributed by atoms with Gasteiger partial charge in [-0.25, -0.2) is 4.99 Å². The molecule has 2 aromatic rings. The van der Waals surface area contributed by atoms with Crippen molar-refractivity contribution in [2.45, 2.75) is 38.0 Å². The van der Waals surface area contributed by atoms with Crippen LogP contribution in [0.4, 0.5) is 0 Å². The van der Waals surface area contributed by atoms with E-state index < -0.39 is 0 Å². The molecule has 0 aliphatic carbocycles. The summed E-state index contributed by atoms with van der Waals surface area (Å²) in [6.07, 6.45) is 5.08. The van der Waals surface area contributed by atoms with Crippen LogP contribution in [0.15, 0.2) is 58.1 Å². The Morgan fingerprint density at radius 2 is 1.93 bits per heavy atom. The number of ether oxygens (including phenoxy) is 2. The number of rotatable bonds is 6. The first kappa shape index (κ1) is 22.1. The maximum atomic E-state index is 6.00. The molecule has 0 bridgehead atoms. The van der Waals surface area contributed by atoms with E-state index in [-0.39, 0.29) is 36.2 Å². The monoisotopic (exact) mass is 511 g/mol. The van der Waals surface area contributed by atoms with Crippen molar-refractivity contribution in [1.29, 1.82) is 0 Å². The molecule has 0 amide bonds. The Balaban J connectivity index is 0.00000240. The Morgan fingerprint density at radius 3 is 2.69 bits per heavy atom. The molecule has 1 N–H and O–H groups in total. The highest BCUT2D eigenvalue weighted by Crippen LogP contribution is 2.21. The number of guanidine groups is 1. The average Bonchev–Trinajstić information content (AvgIpc) is 3.46. The zero-order chi connectivity index (χ0) is 19.0. The molecule has 2 atom stereocenters. The second kappa shape index (κ2) is 11.6. The number of benzene rings is 1. The number of aliphatic imine (C=N–C) groups is 1. The highest BCUT2D eigenvalue weighted by molar-refractivity contribution is 14.0. The number of nitrogens with zero attached hydrogens (tertiary/aromatic N) is 2. The summed E-state index contributed by atoms with van der Waals surface area (Å²) in [5.74, 6) is 1.91. The van der Waals surface area contributed by atoms with Crippen LogP contribution < -0.4 is 5.32 Å². The fraction of sp³-hybridized carbons (Fsp3) is 0.500. The molecule has 2 aliphatic heterocycles. The van der Waals surface area contributed by atoms with Crippen molar-refractivity contribution in [3.8, 4) is 0 Å². The van der Waals surface area contributed by atoms with Crippen molar-refractivity contribution in [2.75, 3.05) is 32.8 Å². The first-order valence-electron chi connectivity index (χ1n) is 10.2. The highest BCUT2D eigenvalue weighted by Gasteiger charge is 2.32. The van der Waals surface area contributed by atoms with E-state index in [1.807, 2.05) is 18.2 Å². The van der Waals surface area contributed by atoms with Gasteiger partial charge in [0, 0.05) is 32.7 Å². The first-order chi connectivity index (χ1) is 13.9. The lowest BCUT2D eigenvalue weighted by atomic mass is 10.1. The van der Waals surface area contributed by atoms with Crippen molar-refractivity contribution in [3.63, 3.8) is 0 Å². The van der Waals surface area contributed by atoms with Crippen molar-refractivity contribution < 1.29 is 13.9 Å².